The SMILES string of the molecule is CCCOC(=O)C(C)(C)NP(=O)(CO[C@@H](C)Cn1cnc2c(N)ncnc21)N[C@H](C)c1ccc(Cl)cc1. The molecule has 0 aliphatic heterocycles. The highest BCUT2D eigenvalue weighted by Crippen LogP contribution is 2.42. The minimum atomic E-state index is -3.49. The molecule has 202 valence electrons. The van der Waals surface area contributed by atoms with Crippen molar-refractivity contribution in [3.05, 3.63) is 47.5 Å². The normalized spacial score (nSPS) is 15.3. The molecule has 0 saturated heterocycles. The van der Waals surface area contributed by atoms with E-state index < -0.39 is 19.0 Å². The summed E-state index contributed by atoms with van der Waals surface area (Å²) in [7, 11) is -3.49. The molecular weight excluding hydrogens is 517 g/mol. The third kappa shape index (κ3) is 7.72. The Labute approximate surface area is 222 Å². The van der Waals surface area contributed by atoms with Crippen molar-refractivity contribution >= 4 is 42.0 Å². The van der Waals surface area contributed by atoms with Gasteiger partial charge in [0.15, 0.2) is 11.5 Å². The zero-order valence-corrected chi connectivity index (χ0v) is 23.4. The van der Waals surface area contributed by atoms with Crippen LogP contribution in [0.3, 0.4) is 0 Å². The first-order valence-electron chi connectivity index (χ1n) is 12.1. The number of esters is 1. The number of carbonyl (C=O) groups excluding carboxylic acids is 1. The highest BCUT2D eigenvalue weighted by molar-refractivity contribution is 7.59. The number of carbonyl (C=O) groups is 1. The van der Waals surface area contributed by atoms with Crippen LogP contribution in [-0.4, -0.2) is 50.1 Å². The van der Waals surface area contributed by atoms with Gasteiger partial charge in [0.25, 0.3) is 0 Å². The molecule has 0 spiro atoms. The van der Waals surface area contributed by atoms with Gasteiger partial charge in [0.2, 0.25) is 7.44 Å². The van der Waals surface area contributed by atoms with E-state index in [9.17, 15) is 9.36 Å². The van der Waals surface area contributed by atoms with Gasteiger partial charge in [0, 0.05) is 11.1 Å². The molecule has 4 N–H and O–H groups in total. The molecular formula is C24H35ClN7O4P. The summed E-state index contributed by atoms with van der Waals surface area (Å²) in [6, 6.07) is 6.92. The number of nitrogen functional groups attached to an aromatic ring is 1. The molecule has 3 aromatic rings. The van der Waals surface area contributed by atoms with Gasteiger partial charge in [0.05, 0.1) is 25.6 Å². The Morgan fingerprint density at radius 1 is 1.22 bits per heavy atom. The van der Waals surface area contributed by atoms with Gasteiger partial charge in [-0.1, -0.05) is 30.7 Å². The van der Waals surface area contributed by atoms with Gasteiger partial charge >= 0.3 is 5.97 Å². The fourth-order valence-corrected chi connectivity index (χ4v) is 6.27. The Morgan fingerprint density at radius 2 is 1.92 bits per heavy atom. The molecule has 3 rings (SSSR count). The van der Waals surface area contributed by atoms with Gasteiger partial charge in [-0.2, -0.15) is 0 Å². The monoisotopic (exact) mass is 551 g/mol. The maximum atomic E-state index is 14.2. The van der Waals surface area contributed by atoms with Crippen LogP contribution in [0.25, 0.3) is 11.2 Å². The van der Waals surface area contributed by atoms with Crippen LogP contribution in [0.1, 0.15) is 52.6 Å². The quantitative estimate of drug-likeness (QED) is 0.207. The van der Waals surface area contributed by atoms with Crippen molar-refractivity contribution in [2.45, 2.75) is 65.3 Å². The maximum Gasteiger partial charge on any atom is 0.326 e. The Balaban J connectivity index is 1.76. The molecule has 0 saturated carbocycles. The molecule has 3 atom stereocenters. The third-order valence-corrected chi connectivity index (χ3v) is 8.09. The second kappa shape index (κ2) is 12.3. The van der Waals surface area contributed by atoms with E-state index in [0.29, 0.717) is 35.0 Å². The second-order valence-electron chi connectivity index (χ2n) is 9.45. The van der Waals surface area contributed by atoms with Gasteiger partial charge in [0.1, 0.15) is 23.7 Å². The van der Waals surface area contributed by atoms with E-state index in [-0.39, 0.29) is 25.1 Å². The van der Waals surface area contributed by atoms with E-state index in [1.54, 1.807) is 36.9 Å². The number of hydrogen-bond acceptors (Lipinski definition) is 8. The molecule has 2 aromatic heterocycles. The predicted molar refractivity (Wildman–Crippen MR) is 144 cm³/mol. The number of imidazole rings is 1. The van der Waals surface area contributed by atoms with E-state index in [2.05, 4.69) is 25.1 Å². The van der Waals surface area contributed by atoms with Crippen molar-refractivity contribution in [1.82, 2.24) is 29.7 Å². The molecule has 0 amide bonds. The molecule has 1 unspecified atom stereocenters. The number of ether oxygens (including phenoxy) is 2. The summed E-state index contributed by atoms with van der Waals surface area (Å²) in [5, 5.41) is 6.77. The van der Waals surface area contributed by atoms with Gasteiger partial charge in [-0.3, -0.25) is 9.36 Å². The van der Waals surface area contributed by atoms with Crippen molar-refractivity contribution in [3.8, 4) is 0 Å². The van der Waals surface area contributed by atoms with Crippen molar-refractivity contribution < 1.29 is 18.8 Å². The zero-order chi connectivity index (χ0) is 27.2. The molecule has 0 fully saturated rings. The van der Waals surface area contributed by atoms with Crippen LogP contribution in [0.15, 0.2) is 36.9 Å². The lowest BCUT2D eigenvalue weighted by Gasteiger charge is -2.33. The number of benzene rings is 1. The van der Waals surface area contributed by atoms with E-state index in [4.69, 9.17) is 26.8 Å². The molecule has 0 aliphatic carbocycles. The standard InChI is InChI=1S/C24H35ClN7O4P/c1-6-11-35-23(33)24(4,5)31-37(34,30-17(3)18-7-9-19(25)10-8-18)15-36-16(2)12-32-14-29-20-21(26)27-13-28-22(20)32/h7-10,13-14,16-17H,6,11-12,15H2,1-5H3,(H2,26,27,28)(H2,30,31,34)/t16-,17+,37?/m0/s1. The topological polar surface area (TPSA) is 146 Å². The number of nitrogens with one attached hydrogen (secondary N) is 2. The smallest absolute Gasteiger partial charge is 0.326 e. The molecule has 37 heavy (non-hydrogen) atoms. The van der Waals surface area contributed by atoms with Gasteiger partial charge in [-0.05, 0) is 51.8 Å². The number of hydrogen-bond donors (Lipinski definition) is 3. The first kappa shape index (κ1) is 29.0. The minimum Gasteiger partial charge on any atom is -0.464 e. The molecule has 0 radical (unpaired) electrons. The second-order valence-corrected chi connectivity index (χ2v) is 12.1. The number of halogens is 1. The van der Waals surface area contributed by atoms with Crippen LogP contribution in [0.5, 0.6) is 0 Å². The highest BCUT2D eigenvalue weighted by atomic mass is 35.5. The van der Waals surface area contributed by atoms with Crippen molar-refractivity contribution in [3.63, 3.8) is 0 Å². The molecule has 0 bridgehead atoms. The first-order valence-corrected chi connectivity index (χ1v) is 14.3. The fraction of sp³-hybridized carbons (Fsp3) is 0.500. The maximum absolute atomic E-state index is 14.2. The zero-order valence-electron chi connectivity index (χ0n) is 21.8. The summed E-state index contributed by atoms with van der Waals surface area (Å²) in [6.45, 7) is 9.59. The molecule has 1 aromatic carbocycles. The fourth-order valence-electron chi connectivity index (χ4n) is 3.71. The average Bonchev–Trinajstić information content (AvgIpc) is 3.25. The minimum absolute atomic E-state index is 0.180. The van der Waals surface area contributed by atoms with E-state index in [0.717, 1.165) is 5.56 Å². The molecule has 2 heterocycles. The van der Waals surface area contributed by atoms with E-state index >= 15 is 0 Å². The summed E-state index contributed by atoms with van der Waals surface area (Å²) in [5.41, 5.74) is 6.62. The van der Waals surface area contributed by atoms with Crippen molar-refractivity contribution in [1.29, 1.82) is 0 Å². The highest BCUT2D eigenvalue weighted by Gasteiger charge is 2.38. The van der Waals surface area contributed by atoms with E-state index in [1.165, 1.54) is 6.33 Å². The lowest BCUT2D eigenvalue weighted by atomic mass is 10.1. The Hall–Kier alpha value is -2.56. The Morgan fingerprint density at radius 3 is 2.59 bits per heavy atom. The largest absolute Gasteiger partial charge is 0.464 e. The number of rotatable bonds is 13. The summed E-state index contributed by atoms with van der Waals surface area (Å²) in [6.07, 6.45) is 3.13. The average molecular weight is 552 g/mol. The van der Waals surface area contributed by atoms with Crippen molar-refractivity contribution in [2.75, 3.05) is 18.7 Å². The molecule has 0 aliphatic rings. The predicted octanol–water partition coefficient (Wildman–Crippen LogP) is 4.29. The number of anilines is 1. The molecule has 11 nitrogen and oxygen atoms in total. The van der Waals surface area contributed by atoms with Crippen LogP contribution in [-0.2, 0) is 25.4 Å². The lowest BCUT2D eigenvalue weighted by Crippen LogP contribution is -2.49. The summed E-state index contributed by atoms with van der Waals surface area (Å²) in [5.74, 6) is -0.200. The summed E-state index contributed by atoms with van der Waals surface area (Å²) >= 11 is 6.02. The van der Waals surface area contributed by atoms with Gasteiger partial charge < -0.3 is 19.8 Å². The van der Waals surface area contributed by atoms with Crippen LogP contribution in [0.4, 0.5) is 5.82 Å². The van der Waals surface area contributed by atoms with Crippen LogP contribution >= 0.6 is 19.0 Å². The van der Waals surface area contributed by atoms with Gasteiger partial charge in [-0.15, -0.1) is 0 Å². The third-order valence-electron chi connectivity index (χ3n) is 5.60. The lowest BCUT2D eigenvalue weighted by molar-refractivity contribution is -0.149. The van der Waals surface area contributed by atoms with Gasteiger partial charge in [-0.25, -0.2) is 25.1 Å². The number of aromatic nitrogens is 4. The number of nitrogens with zero attached hydrogens (tertiary/aromatic N) is 4. The van der Waals surface area contributed by atoms with Crippen LogP contribution < -0.4 is 15.9 Å². The van der Waals surface area contributed by atoms with E-state index in [1.807, 2.05) is 32.9 Å². The number of fused-ring (bicyclic) bond motifs is 1. The van der Waals surface area contributed by atoms with Crippen LogP contribution in [0, 0.1) is 0 Å². The summed E-state index contributed by atoms with van der Waals surface area (Å²) in [4.78, 5) is 25.1. The molecule has 13 heteroatoms. The van der Waals surface area contributed by atoms with Crippen LogP contribution in [0.2, 0.25) is 5.02 Å². The Kier molecular flexibility index (Phi) is 9.66. The number of nitrogens with two attached hydrogens (primary N) is 1. The first-order chi connectivity index (χ1) is 17.4. The van der Waals surface area contributed by atoms with Crippen molar-refractivity contribution in [2.24, 2.45) is 0 Å². The summed E-state index contributed by atoms with van der Waals surface area (Å²) < 4.78 is 27.3. The Bertz CT molecular complexity index is 1250.